The summed E-state index contributed by atoms with van der Waals surface area (Å²) >= 11 is 0. The molecule has 2 heterocycles. The summed E-state index contributed by atoms with van der Waals surface area (Å²) in [4.78, 5) is 28.1. The molecular weight excluding hydrogens is 272 g/mol. The molecule has 2 rings (SSSR count). The van der Waals surface area contributed by atoms with Crippen LogP contribution in [0.15, 0.2) is 0 Å². The number of aromatic amines is 2. The lowest BCUT2D eigenvalue weighted by Gasteiger charge is -2.01. The standard InChI is InChI=1S/C15H18N2O4/c1-6-8(3)12(14(18)19)16-10(6)5-11-7(2)9(4)13(17-11)15(20)21/h16-17H,5H2,1-4H3,(H,18,19)(H,20,21). The maximum atomic E-state index is 11.1. The largest absolute Gasteiger partial charge is 0.477 e. The second-order valence-corrected chi connectivity index (χ2v) is 5.24. The number of carboxylic acids is 2. The number of carboxylic acid groups (broad SMARTS) is 2. The van der Waals surface area contributed by atoms with E-state index in [4.69, 9.17) is 10.2 Å². The lowest BCUT2D eigenvalue weighted by atomic mass is 10.1. The SMILES string of the molecule is Cc1c(Cc2[nH]c(C(=O)O)c(C)c2C)[nH]c(C(=O)O)c1C. The number of H-pyrrole nitrogens is 2. The van der Waals surface area contributed by atoms with E-state index in [2.05, 4.69) is 9.97 Å². The van der Waals surface area contributed by atoms with Crippen LogP contribution in [0.4, 0.5) is 0 Å². The second kappa shape index (κ2) is 5.12. The molecule has 2 aromatic rings. The topological polar surface area (TPSA) is 106 Å². The molecule has 0 bridgehead atoms. The molecule has 21 heavy (non-hydrogen) atoms. The summed E-state index contributed by atoms with van der Waals surface area (Å²) < 4.78 is 0. The van der Waals surface area contributed by atoms with Crippen molar-refractivity contribution in [1.82, 2.24) is 9.97 Å². The van der Waals surface area contributed by atoms with E-state index in [-0.39, 0.29) is 11.4 Å². The van der Waals surface area contributed by atoms with Gasteiger partial charge in [-0.1, -0.05) is 0 Å². The van der Waals surface area contributed by atoms with Crippen LogP contribution in [0.3, 0.4) is 0 Å². The van der Waals surface area contributed by atoms with Gasteiger partial charge in [-0.2, -0.15) is 0 Å². The van der Waals surface area contributed by atoms with Crippen LogP contribution in [0, 0.1) is 27.7 Å². The minimum Gasteiger partial charge on any atom is -0.477 e. The van der Waals surface area contributed by atoms with Crippen molar-refractivity contribution in [3.05, 3.63) is 45.0 Å². The first kappa shape index (κ1) is 14.9. The van der Waals surface area contributed by atoms with Crippen molar-refractivity contribution in [2.75, 3.05) is 0 Å². The van der Waals surface area contributed by atoms with Gasteiger partial charge in [0.1, 0.15) is 11.4 Å². The van der Waals surface area contributed by atoms with Crippen molar-refractivity contribution in [2.24, 2.45) is 0 Å². The minimum atomic E-state index is -0.993. The molecule has 0 saturated carbocycles. The van der Waals surface area contributed by atoms with E-state index in [1.54, 1.807) is 13.8 Å². The maximum absolute atomic E-state index is 11.1. The Hall–Kier alpha value is -2.50. The number of aromatic carboxylic acids is 2. The molecule has 0 saturated heterocycles. The third-order valence-electron chi connectivity index (χ3n) is 4.11. The first-order chi connectivity index (χ1) is 9.73. The predicted octanol–water partition coefficient (Wildman–Crippen LogP) is 2.56. The van der Waals surface area contributed by atoms with Crippen molar-refractivity contribution >= 4 is 11.9 Å². The highest BCUT2D eigenvalue weighted by Crippen LogP contribution is 2.24. The fourth-order valence-electron chi connectivity index (χ4n) is 2.46. The third-order valence-corrected chi connectivity index (χ3v) is 4.11. The molecule has 6 heteroatoms. The van der Waals surface area contributed by atoms with Crippen LogP contribution in [0.2, 0.25) is 0 Å². The van der Waals surface area contributed by atoms with Gasteiger partial charge in [-0.25, -0.2) is 9.59 Å². The fraction of sp³-hybridized carbons (Fsp3) is 0.333. The van der Waals surface area contributed by atoms with Crippen LogP contribution < -0.4 is 0 Å². The minimum absolute atomic E-state index is 0.182. The van der Waals surface area contributed by atoms with E-state index in [0.29, 0.717) is 17.5 Å². The summed E-state index contributed by atoms with van der Waals surface area (Å²) in [7, 11) is 0. The molecule has 0 radical (unpaired) electrons. The van der Waals surface area contributed by atoms with Gasteiger partial charge in [0, 0.05) is 17.8 Å². The fourth-order valence-corrected chi connectivity index (χ4v) is 2.46. The highest BCUT2D eigenvalue weighted by molar-refractivity contribution is 5.88. The van der Waals surface area contributed by atoms with E-state index in [9.17, 15) is 9.59 Å². The molecule has 0 aliphatic heterocycles. The van der Waals surface area contributed by atoms with Gasteiger partial charge in [0.15, 0.2) is 0 Å². The van der Waals surface area contributed by atoms with Gasteiger partial charge in [0.2, 0.25) is 0 Å². The van der Waals surface area contributed by atoms with E-state index in [1.165, 1.54) is 0 Å². The van der Waals surface area contributed by atoms with Crippen LogP contribution >= 0.6 is 0 Å². The van der Waals surface area contributed by atoms with Crippen LogP contribution in [-0.2, 0) is 6.42 Å². The van der Waals surface area contributed by atoms with Crippen LogP contribution in [0.25, 0.3) is 0 Å². The Bertz CT molecular complexity index is 675. The number of rotatable bonds is 4. The number of hydrogen-bond donors (Lipinski definition) is 4. The summed E-state index contributed by atoms with van der Waals surface area (Å²) in [5.41, 5.74) is 5.11. The summed E-state index contributed by atoms with van der Waals surface area (Å²) in [5.74, 6) is -1.99. The highest BCUT2D eigenvalue weighted by Gasteiger charge is 2.20. The van der Waals surface area contributed by atoms with Crippen molar-refractivity contribution < 1.29 is 19.8 Å². The first-order valence-corrected chi connectivity index (χ1v) is 6.56. The molecule has 0 atom stereocenters. The molecule has 112 valence electrons. The average molecular weight is 290 g/mol. The molecule has 0 aromatic carbocycles. The van der Waals surface area contributed by atoms with E-state index < -0.39 is 11.9 Å². The van der Waals surface area contributed by atoms with E-state index in [0.717, 1.165) is 22.5 Å². The molecular formula is C15H18N2O4. The van der Waals surface area contributed by atoms with Gasteiger partial charge < -0.3 is 20.2 Å². The van der Waals surface area contributed by atoms with Crippen LogP contribution in [0.1, 0.15) is 54.6 Å². The van der Waals surface area contributed by atoms with Gasteiger partial charge in [0.25, 0.3) is 0 Å². The quantitative estimate of drug-likeness (QED) is 0.694. The summed E-state index contributed by atoms with van der Waals surface area (Å²) in [5, 5.41) is 18.3. The van der Waals surface area contributed by atoms with Crippen molar-refractivity contribution in [2.45, 2.75) is 34.1 Å². The monoisotopic (exact) mass is 290 g/mol. The molecule has 0 aliphatic rings. The number of nitrogens with one attached hydrogen (secondary N) is 2. The molecule has 0 fully saturated rings. The first-order valence-electron chi connectivity index (χ1n) is 6.56. The van der Waals surface area contributed by atoms with Gasteiger partial charge in [-0.05, 0) is 49.9 Å². The highest BCUT2D eigenvalue weighted by atomic mass is 16.4. The second-order valence-electron chi connectivity index (χ2n) is 5.24. The van der Waals surface area contributed by atoms with E-state index >= 15 is 0 Å². The molecule has 0 amide bonds. The third kappa shape index (κ3) is 2.44. The number of carbonyl (C=O) groups is 2. The molecule has 4 N–H and O–H groups in total. The zero-order valence-electron chi connectivity index (χ0n) is 12.4. The number of aromatic nitrogens is 2. The van der Waals surface area contributed by atoms with Gasteiger partial charge in [-0.3, -0.25) is 0 Å². The van der Waals surface area contributed by atoms with Crippen molar-refractivity contribution in [3.63, 3.8) is 0 Å². The lowest BCUT2D eigenvalue weighted by Crippen LogP contribution is -2.00. The van der Waals surface area contributed by atoms with Gasteiger partial charge in [0.05, 0.1) is 0 Å². The summed E-state index contributed by atoms with van der Waals surface area (Å²) in [6.07, 6.45) is 0.444. The Balaban J connectivity index is 2.44. The Morgan fingerprint density at radius 2 is 1.10 bits per heavy atom. The predicted molar refractivity (Wildman–Crippen MR) is 77.3 cm³/mol. The zero-order valence-corrected chi connectivity index (χ0v) is 12.4. The van der Waals surface area contributed by atoms with Crippen LogP contribution in [-0.4, -0.2) is 32.1 Å². The molecule has 0 aliphatic carbocycles. The lowest BCUT2D eigenvalue weighted by molar-refractivity contribution is 0.0679. The molecule has 0 spiro atoms. The van der Waals surface area contributed by atoms with Gasteiger partial charge >= 0.3 is 11.9 Å². The number of hydrogen-bond acceptors (Lipinski definition) is 2. The zero-order chi connectivity index (χ0) is 15.9. The van der Waals surface area contributed by atoms with Crippen molar-refractivity contribution in [3.8, 4) is 0 Å². The average Bonchev–Trinajstić information content (AvgIpc) is 2.84. The Morgan fingerprint density at radius 1 is 0.762 bits per heavy atom. The van der Waals surface area contributed by atoms with Crippen LogP contribution in [0.5, 0.6) is 0 Å². The normalized spacial score (nSPS) is 10.9. The van der Waals surface area contributed by atoms with Gasteiger partial charge in [-0.15, -0.1) is 0 Å². The smallest absolute Gasteiger partial charge is 0.352 e. The Kier molecular flexibility index (Phi) is 3.63. The Labute approximate surface area is 121 Å². The molecule has 6 nitrogen and oxygen atoms in total. The summed E-state index contributed by atoms with van der Waals surface area (Å²) in [6, 6.07) is 0. The Morgan fingerprint density at radius 3 is 1.33 bits per heavy atom. The molecule has 0 unspecified atom stereocenters. The maximum Gasteiger partial charge on any atom is 0.352 e. The molecule has 2 aromatic heterocycles. The van der Waals surface area contributed by atoms with E-state index in [1.807, 2.05) is 13.8 Å². The van der Waals surface area contributed by atoms with Crippen molar-refractivity contribution in [1.29, 1.82) is 0 Å². The summed E-state index contributed by atoms with van der Waals surface area (Å²) in [6.45, 7) is 7.23.